The van der Waals surface area contributed by atoms with E-state index in [2.05, 4.69) is 11.1 Å². The van der Waals surface area contributed by atoms with Crippen LogP contribution in [0.5, 0.6) is 5.75 Å². The molecule has 29 heavy (non-hydrogen) atoms. The van der Waals surface area contributed by atoms with Crippen molar-refractivity contribution in [1.82, 2.24) is 4.57 Å². The summed E-state index contributed by atoms with van der Waals surface area (Å²) in [5, 5.41) is 0. The van der Waals surface area contributed by atoms with Crippen LogP contribution in [0.2, 0.25) is 0 Å². The predicted molar refractivity (Wildman–Crippen MR) is 113 cm³/mol. The van der Waals surface area contributed by atoms with Gasteiger partial charge in [-0.2, -0.15) is 4.99 Å². The molecule has 0 radical (unpaired) electrons. The number of carbonyl (C=O) groups excluding carboxylic acids is 2. The highest BCUT2D eigenvalue weighted by Gasteiger charge is 2.17. The number of nitrogens with zero attached hydrogens (tertiary/aromatic N) is 2. The largest absolute Gasteiger partial charge is 0.481 e. The summed E-state index contributed by atoms with van der Waals surface area (Å²) in [4.78, 5) is 29.6. The molecule has 6 nitrogen and oxygen atoms in total. The van der Waals surface area contributed by atoms with Crippen LogP contribution >= 0.6 is 11.3 Å². The SMILES string of the molecule is CCOC(=O)Cn1c(=NC(=O)C(C)Oc2ccccc2)sc2c(C)cc(C)cc21. The van der Waals surface area contributed by atoms with E-state index in [0.29, 0.717) is 17.2 Å². The minimum atomic E-state index is -0.749. The molecule has 1 unspecified atom stereocenters. The maximum atomic E-state index is 12.7. The van der Waals surface area contributed by atoms with Gasteiger partial charge in [-0.05, 0) is 57.0 Å². The van der Waals surface area contributed by atoms with Gasteiger partial charge in [-0.25, -0.2) is 0 Å². The van der Waals surface area contributed by atoms with E-state index in [1.165, 1.54) is 11.3 Å². The van der Waals surface area contributed by atoms with Crippen molar-refractivity contribution >= 4 is 33.4 Å². The topological polar surface area (TPSA) is 69.9 Å². The summed E-state index contributed by atoms with van der Waals surface area (Å²) in [5.74, 6) is -0.174. The molecule has 0 spiro atoms. The Labute approximate surface area is 173 Å². The number of aromatic nitrogens is 1. The zero-order valence-electron chi connectivity index (χ0n) is 17.0. The maximum Gasteiger partial charge on any atom is 0.326 e. The predicted octanol–water partition coefficient (Wildman–Crippen LogP) is 3.78. The number of rotatable bonds is 6. The Morgan fingerprint density at radius 2 is 1.90 bits per heavy atom. The Kier molecular flexibility index (Phi) is 6.49. The number of para-hydroxylation sites is 1. The summed E-state index contributed by atoms with van der Waals surface area (Å²) in [5.41, 5.74) is 3.01. The Hall–Kier alpha value is -2.93. The quantitative estimate of drug-likeness (QED) is 0.578. The Morgan fingerprint density at radius 3 is 2.59 bits per heavy atom. The number of aryl methyl sites for hydroxylation is 2. The lowest BCUT2D eigenvalue weighted by molar-refractivity contribution is -0.143. The molecule has 3 rings (SSSR count). The molecule has 3 aromatic rings. The van der Waals surface area contributed by atoms with Gasteiger partial charge in [-0.3, -0.25) is 9.59 Å². The van der Waals surface area contributed by atoms with Crippen molar-refractivity contribution in [3.05, 3.63) is 58.4 Å². The molecule has 2 aromatic carbocycles. The second kappa shape index (κ2) is 9.05. The van der Waals surface area contributed by atoms with Crippen molar-refractivity contribution in [1.29, 1.82) is 0 Å². The lowest BCUT2D eigenvalue weighted by atomic mass is 10.1. The van der Waals surface area contributed by atoms with Crippen LogP contribution in [0.4, 0.5) is 0 Å². The summed E-state index contributed by atoms with van der Waals surface area (Å²) < 4.78 is 13.5. The number of amides is 1. The smallest absolute Gasteiger partial charge is 0.326 e. The van der Waals surface area contributed by atoms with E-state index in [-0.39, 0.29) is 12.5 Å². The van der Waals surface area contributed by atoms with Crippen molar-refractivity contribution in [3.8, 4) is 5.75 Å². The first-order chi connectivity index (χ1) is 13.9. The van der Waals surface area contributed by atoms with Crippen LogP contribution in [0.25, 0.3) is 10.2 Å². The number of fused-ring (bicyclic) bond motifs is 1. The minimum Gasteiger partial charge on any atom is -0.481 e. The molecule has 0 N–H and O–H groups in total. The molecule has 0 aliphatic heterocycles. The van der Waals surface area contributed by atoms with Crippen molar-refractivity contribution in [2.24, 2.45) is 4.99 Å². The number of benzene rings is 2. The fourth-order valence-electron chi connectivity index (χ4n) is 3.03. The van der Waals surface area contributed by atoms with Crippen LogP contribution in [0, 0.1) is 13.8 Å². The van der Waals surface area contributed by atoms with Crippen molar-refractivity contribution in [2.75, 3.05) is 6.61 Å². The van der Waals surface area contributed by atoms with Crippen LogP contribution < -0.4 is 9.54 Å². The number of hydrogen-bond donors (Lipinski definition) is 0. The van der Waals surface area contributed by atoms with Crippen LogP contribution in [0.1, 0.15) is 25.0 Å². The minimum absolute atomic E-state index is 0.00320. The number of thiazole rings is 1. The molecule has 1 amide bonds. The van der Waals surface area contributed by atoms with E-state index >= 15 is 0 Å². The molecule has 152 valence electrons. The lowest BCUT2D eigenvalue weighted by Gasteiger charge is -2.11. The van der Waals surface area contributed by atoms with Crippen LogP contribution in [-0.2, 0) is 20.9 Å². The van der Waals surface area contributed by atoms with Gasteiger partial charge in [0, 0.05) is 0 Å². The van der Waals surface area contributed by atoms with Gasteiger partial charge < -0.3 is 14.0 Å². The van der Waals surface area contributed by atoms with E-state index < -0.39 is 12.0 Å². The fourth-order valence-corrected chi connectivity index (χ4v) is 4.11. The molecule has 0 fully saturated rings. The zero-order chi connectivity index (χ0) is 21.0. The Bertz CT molecular complexity index is 1100. The number of hydrogen-bond acceptors (Lipinski definition) is 5. The maximum absolute atomic E-state index is 12.7. The molecule has 1 atom stereocenters. The number of carbonyl (C=O) groups is 2. The third-order valence-electron chi connectivity index (χ3n) is 4.32. The summed E-state index contributed by atoms with van der Waals surface area (Å²) in [6, 6.07) is 13.2. The molecule has 0 saturated heterocycles. The average molecular weight is 413 g/mol. The van der Waals surface area contributed by atoms with Crippen LogP contribution in [0.3, 0.4) is 0 Å². The van der Waals surface area contributed by atoms with Gasteiger partial charge in [0.25, 0.3) is 5.91 Å². The van der Waals surface area contributed by atoms with E-state index in [0.717, 1.165) is 21.3 Å². The normalized spacial score (nSPS) is 12.8. The van der Waals surface area contributed by atoms with Gasteiger partial charge in [0.05, 0.1) is 16.8 Å². The van der Waals surface area contributed by atoms with E-state index in [9.17, 15) is 9.59 Å². The second-order valence-corrected chi connectivity index (χ2v) is 7.71. The first-order valence-electron chi connectivity index (χ1n) is 9.45. The zero-order valence-corrected chi connectivity index (χ0v) is 17.8. The van der Waals surface area contributed by atoms with Gasteiger partial charge in [0.1, 0.15) is 12.3 Å². The van der Waals surface area contributed by atoms with E-state index in [1.54, 1.807) is 30.5 Å². The van der Waals surface area contributed by atoms with Crippen LogP contribution in [0.15, 0.2) is 47.5 Å². The highest BCUT2D eigenvalue weighted by molar-refractivity contribution is 7.16. The Balaban J connectivity index is 2.01. The van der Waals surface area contributed by atoms with E-state index in [4.69, 9.17) is 9.47 Å². The van der Waals surface area contributed by atoms with Gasteiger partial charge in [0.15, 0.2) is 10.9 Å². The van der Waals surface area contributed by atoms with Crippen molar-refractivity contribution in [3.63, 3.8) is 0 Å². The monoisotopic (exact) mass is 412 g/mol. The average Bonchev–Trinajstić information content (AvgIpc) is 3.00. The molecular weight excluding hydrogens is 388 g/mol. The van der Waals surface area contributed by atoms with Crippen LogP contribution in [-0.4, -0.2) is 29.2 Å². The first-order valence-corrected chi connectivity index (χ1v) is 10.3. The summed E-state index contributed by atoms with van der Waals surface area (Å²) in [6.45, 7) is 7.73. The van der Waals surface area contributed by atoms with Gasteiger partial charge >= 0.3 is 5.97 Å². The molecule has 0 bridgehead atoms. The highest BCUT2D eigenvalue weighted by Crippen LogP contribution is 2.23. The molecule has 0 saturated carbocycles. The van der Waals surface area contributed by atoms with Crippen molar-refractivity contribution < 1.29 is 19.1 Å². The second-order valence-electron chi connectivity index (χ2n) is 6.73. The van der Waals surface area contributed by atoms with Gasteiger partial charge in [-0.1, -0.05) is 35.6 Å². The highest BCUT2D eigenvalue weighted by atomic mass is 32.1. The first kappa shape index (κ1) is 20.8. The fraction of sp³-hybridized carbons (Fsp3) is 0.318. The molecule has 1 aromatic heterocycles. The van der Waals surface area contributed by atoms with E-state index in [1.807, 2.05) is 38.1 Å². The molecule has 1 heterocycles. The molecule has 7 heteroatoms. The third kappa shape index (κ3) is 4.92. The lowest BCUT2D eigenvalue weighted by Crippen LogP contribution is -2.27. The molecule has 0 aliphatic rings. The number of ether oxygens (including phenoxy) is 2. The summed E-state index contributed by atoms with van der Waals surface area (Å²) in [7, 11) is 0. The number of esters is 1. The summed E-state index contributed by atoms with van der Waals surface area (Å²) in [6.07, 6.45) is -0.749. The van der Waals surface area contributed by atoms with Gasteiger partial charge in [-0.15, -0.1) is 0 Å². The third-order valence-corrected chi connectivity index (χ3v) is 5.55. The van der Waals surface area contributed by atoms with Crippen molar-refractivity contribution in [2.45, 2.75) is 40.3 Å². The van der Waals surface area contributed by atoms with Gasteiger partial charge in [0.2, 0.25) is 0 Å². The standard InChI is InChI=1S/C22H24N2O4S/c1-5-27-19(25)13-24-18-12-14(2)11-15(3)20(18)29-22(24)23-21(26)16(4)28-17-9-7-6-8-10-17/h6-12,16H,5,13H2,1-4H3. The molecular formula is C22H24N2O4S. The molecule has 0 aliphatic carbocycles. The summed E-state index contributed by atoms with van der Waals surface area (Å²) >= 11 is 1.38. The Morgan fingerprint density at radius 1 is 1.17 bits per heavy atom.